The Morgan fingerprint density at radius 1 is 1.30 bits per heavy atom. The van der Waals surface area contributed by atoms with Gasteiger partial charge in [-0.05, 0) is 29.8 Å². The van der Waals surface area contributed by atoms with E-state index in [1.807, 2.05) is 41.9 Å². The molecule has 1 aromatic heterocycles. The van der Waals surface area contributed by atoms with Crippen LogP contribution in [0, 0.1) is 0 Å². The molecular formula is C15H13ClN2OS. The van der Waals surface area contributed by atoms with E-state index in [-0.39, 0.29) is 0 Å². The molecule has 0 fully saturated rings. The first-order chi connectivity index (χ1) is 9.78. The zero-order chi connectivity index (χ0) is 13.9. The minimum atomic E-state index is 0.674. The van der Waals surface area contributed by atoms with Gasteiger partial charge >= 0.3 is 0 Å². The van der Waals surface area contributed by atoms with Gasteiger partial charge in [-0.3, -0.25) is 0 Å². The predicted molar refractivity (Wildman–Crippen MR) is 85.0 cm³/mol. The number of nitrogens with zero attached hydrogens (tertiary/aromatic N) is 1. The zero-order valence-corrected chi connectivity index (χ0v) is 12.5. The second kappa shape index (κ2) is 5.69. The third kappa shape index (κ3) is 2.57. The molecule has 3 aromatic rings. The van der Waals surface area contributed by atoms with Gasteiger partial charge in [0.15, 0.2) is 0 Å². The van der Waals surface area contributed by atoms with Crippen LogP contribution < -0.4 is 10.1 Å². The van der Waals surface area contributed by atoms with Gasteiger partial charge in [-0.25, -0.2) is 4.98 Å². The highest BCUT2D eigenvalue weighted by Crippen LogP contribution is 2.32. The molecule has 1 N–H and O–H groups in total. The molecule has 0 saturated carbocycles. The Labute approximate surface area is 126 Å². The van der Waals surface area contributed by atoms with Crippen molar-refractivity contribution < 1.29 is 4.74 Å². The molecule has 2 aromatic carbocycles. The van der Waals surface area contributed by atoms with Crippen LogP contribution in [0.25, 0.3) is 10.2 Å². The van der Waals surface area contributed by atoms with Gasteiger partial charge < -0.3 is 10.1 Å². The van der Waals surface area contributed by atoms with E-state index in [0.29, 0.717) is 11.6 Å². The first-order valence-electron chi connectivity index (χ1n) is 6.16. The van der Waals surface area contributed by atoms with Gasteiger partial charge in [0, 0.05) is 6.54 Å². The van der Waals surface area contributed by atoms with Crippen molar-refractivity contribution in [3.05, 3.63) is 52.5 Å². The van der Waals surface area contributed by atoms with Crippen LogP contribution in [0.5, 0.6) is 5.75 Å². The number of ether oxygens (including phenoxy) is 1. The van der Waals surface area contributed by atoms with Crippen molar-refractivity contribution in [3.8, 4) is 5.75 Å². The molecule has 3 nitrogen and oxygen atoms in total. The molecule has 0 radical (unpaired) electrons. The second-order valence-electron chi connectivity index (χ2n) is 4.33. The Hall–Kier alpha value is -1.78. The molecule has 0 amide bonds. The van der Waals surface area contributed by atoms with E-state index in [1.54, 1.807) is 18.4 Å². The standard InChI is InChI=1S/C15H13ClN2OS/c1-19-11-4-2-3-10(7-11)8-17-14-12(16)5-6-13-15(14)18-9-20-13/h2-7,9,17H,8H2,1H3. The molecule has 0 spiro atoms. The largest absolute Gasteiger partial charge is 0.497 e. The Morgan fingerprint density at radius 2 is 2.20 bits per heavy atom. The number of aromatic nitrogens is 1. The minimum Gasteiger partial charge on any atom is -0.497 e. The van der Waals surface area contributed by atoms with Crippen LogP contribution in [-0.4, -0.2) is 12.1 Å². The van der Waals surface area contributed by atoms with Gasteiger partial charge in [0.05, 0.1) is 28.0 Å². The van der Waals surface area contributed by atoms with E-state index in [1.165, 1.54) is 0 Å². The fraction of sp³-hybridized carbons (Fsp3) is 0.133. The molecule has 102 valence electrons. The van der Waals surface area contributed by atoms with Gasteiger partial charge in [-0.15, -0.1) is 11.3 Å². The van der Waals surface area contributed by atoms with E-state index in [4.69, 9.17) is 16.3 Å². The van der Waals surface area contributed by atoms with Gasteiger partial charge in [-0.2, -0.15) is 0 Å². The number of benzene rings is 2. The molecule has 0 saturated heterocycles. The summed E-state index contributed by atoms with van der Waals surface area (Å²) in [5.41, 5.74) is 4.77. The lowest BCUT2D eigenvalue weighted by molar-refractivity contribution is 0.414. The van der Waals surface area contributed by atoms with E-state index in [2.05, 4.69) is 10.3 Å². The van der Waals surface area contributed by atoms with Crippen molar-refractivity contribution in [1.29, 1.82) is 0 Å². The van der Waals surface area contributed by atoms with Crippen LogP contribution in [-0.2, 0) is 6.54 Å². The maximum atomic E-state index is 6.26. The van der Waals surface area contributed by atoms with Crippen molar-refractivity contribution in [2.45, 2.75) is 6.54 Å². The highest BCUT2D eigenvalue weighted by Gasteiger charge is 2.08. The average Bonchev–Trinajstić information content (AvgIpc) is 2.95. The van der Waals surface area contributed by atoms with Gasteiger partial charge in [0.1, 0.15) is 11.3 Å². The lowest BCUT2D eigenvalue weighted by Gasteiger charge is -2.10. The smallest absolute Gasteiger partial charge is 0.119 e. The highest BCUT2D eigenvalue weighted by molar-refractivity contribution is 7.16. The monoisotopic (exact) mass is 304 g/mol. The summed E-state index contributed by atoms with van der Waals surface area (Å²) in [5, 5.41) is 4.05. The van der Waals surface area contributed by atoms with Crippen LogP contribution in [0.2, 0.25) is 5.02 Å². The highest BCUT2D eigenvalue weighted by atomic mass is 35.5. The number of rotatable bonds is 4. The maximum absolute atomic E-state index is 6.26. The molecule has 5 heteroatoms. The first-order valence-corrected chi connectivity index (χ1v) is 7.42. The summed E-state index contributed by atoms with van der Waals surface area (Å²) >= 11 is 7.87. The maximum Gasteiger partial charge on any atom is 0.119 e. The number of thiazole rings is 1. The van der Waals surface area contributed by atoms with Crippen LogP contribution in [0.15, 0.2) is 41.9 Å². The van der Waals surface area contributed by atoms with Gasteiger partial charge in [0.25, 0.3) is 0 Å². The van der Waals surface area contributed by atoms with Crippen molar-refractivity contribution in [1.82, 2.24) is 4.98 Å². The van der Waals surface area contributed by atoms with Gasteiger partial charge in [0.2, 0.25) is 0 Å². The molecule has 20 heavy (non-hydrogen) atoms. The van der Waals surface area contributed by atoms with Crippen molar-refractivity contribution in [2.24, 2.45) is 0 Å². The van der Waals surface area contributed by atoms with E-state index in [0.717, 1.165) is 27.2 Å². The quantitative estimate of drug-likeness (QED) is 0.766. The Morgan fingerprint density at radius 3 is 3.05 bits per heavy atom. The number of halogens is 1. The molecule has 0 atom stereocenters. The lowest BCUT2D eigenvalue weighted by atomic mass is 10.2. The van der Waals surface area contributed by atoms with Crippen molar-refractivity contribution in [3.63, 3.8) is 0 Å². The molecule has 0 unspecified atom stereocenters. The Kier molecular flexibility index (Phi) is 3.76. The summed E-state index contributed by atoms with van der Waals surface area (Å²) in [6.07, 6.45) is 0. The molecule has 1 heterocycles. The molecule has 0 aliphatic heterocycles. The summed E-state index contributed by atoms with van der Waals surface area (Å²) in [5.74, 6) is 0.849. The number of hydrogen-bond donors (Lipinski definition) is 1. The van der Waals surface area contributed by atoms with Gasteiger partial charge in [-0.1, -0.05) is 23.7 Å². The number of anilines is 1. The second-order valence-corrected chi connectivity index (χ2v) is 5.62. The third-order valence-electron chi connectivity index (χ3n) is 3.05. The van der Waals surface area contributed by atoms with Crippen molar-refractivity contribution >= 4 is 38.8 Å². The number of methoxy groups -OCH3 is 1. The summed E-state index contributed by atoms with van der Waals surface area (Å²) in [4.78, 5) is 4.37. The predicted octanol–water partition coefficient (Wildman–Crippen LogP) is 4.57. The normalized spacial score (nSPS) is 10.7. The van der Waals surface area contributed by atoms with Crippen LogP contribution in [0.1, 0.15) is 5.56 Å². The number of hydrogen-bond acceptors (Lipinski definition) is 4. The fourth-order valence-electron chi connectivity index (χ4n) is 2.05. The van der Waals surface area contributed by atoms with E-state index >= 15 is 0 Å². The van der Waals surface area contributed by atoms with E-state index < -0.39 is 0 Å². The minimum absolute atomic E-state index is 0.674. The Bertz CT molecular complexity index is 742. The zero-order valence-electron chi connectivity index (χ0n) is 10.9. The summed E-state index contributed by atoms with van der Waals surface area (Å²) < 4.78 is 6.35. The summed E-state index contributed by atoms with van der Waals surface area (Å²) in [6.45, 7) is 0.674. The summed E-state index contributed by atoms with van der Waals surface area (Å²) in [7, 11) is 1.67. The average molecular weight is 305 g/mol. The van der Waals surface area contributed by atoms with Crippen LogP contribution in [0.3, 0.4) is 0 Å². The Balaban J connectivity index is 1.86. The molecule has 0 aliphatic carbocycles. The fourth-order valence-corrected chi connectivity index (χ4v) is 2.95. The summed E-state index contributed by atoms with van der Waals surface area (Å²) in [6, 6.07) is 11.8. The van der Waals surface area contributed by atoms with E-state index in [9.17, 15) is 0 Å². The SMILES string of the molecule is COc1cccc(CNc2c(Cl)ccc3scnc23)c1. The topological polar surface area (TPSA) is 34.1 Å². The lowest BCUT2D eigenvalue weighted by Crippen LogP contribution is -2.01. The van der Waals surface area contributed by atoms with Crippen molar-refractivity contribution in [2.75, 3.05) is 12.4 Å². The molecular weight excluding hydrogens is 292 g/mol. The molecule has 3 rings (SSSR count). The van der Waals surface area contributed by atoms with Crippen LogP contribution >= 0.6 is 22.9 Å². The third-order valence-corrected chi connectivity index (χ3v) is 4.16. The number of nitrogens with one attached hydrogen (secondary N) is 1. The number of fused-ring (bicyclic) bond motifs is 1. The molecule has 0 bridgehead atoms. The molecule has 0 aliphatic rings. The van der Waals surface area contributed by atoms with Crippen LogP contribution in [0.4, 0.5) is 5.69 Å². The first kappa shape index (κ1) is 13.2.